The van der Waals surface area contributed by atoms with E-state index in [0.29, 0.717) is 5.41 Å². The van der Waals surface area contributed by atoms with Gasteiger partial charge < -0.3 is 4.90 Å². The summed E-state index contributed by atoms with van der Waals surface area (Å²) >= 11 is 0. The summed E-state index contributed by atoms with van der Waals surface area (Å²) in [6.07, 6.45) is 2.88. The molecule has 0 bridgehead atoms. The van der Waals surface area contributed by atoms with Gasteiger partial charge in [-0.15, -0.1) is 0 Å². The normalized spacial score (nSPS) is 33.8. The van der Waals surface area contributed by atoms with Crippen LogP contribution in [-0.2, 0) is 0 Å². The first-order valence-corrected chi connectivity index (χ1v) is 6.97. The smallest absolute Gasteiger partial charge is 0.0113 e. The van der Waals surface area contributed by atoms with Crippen molar-refractivity contribution in [1.82, 2.24) is 9.80 Å². The van der Waals surface area contributed by atoms with Gasteiger partial charge in [-0.3, -0.25) is 4.90 Å². The second-order valence-electron chi connectivity index (χ2n) is 6.66. The number of hydrogen-bond donors (Lipinski definition) is 0. The third kappa shape index (κ3) is 2.60. The second-order valence-corrected chi connectivity index (χ2v) is 6.66. The summed E-state index contributed by atoms with van der Waals surface area (Å²) in [5.74, 6) is 0.960. The Bertz CT molecular complexity index is 217. The zero-order valence-electron chi connectivity index (χ0n) is 11.5. The molecule has 2 fully saturated rings. The van der Waals surface area contributed by atoms with Gasteiger partial charge in [-0.05, 0) is 30.7 Å². The molecule has 0 N–H and O–H groups in total. The lowest BCUT2D eigenvalue weighted by Gasteiger charge is -2.50. The van der Waals surface area contributed by atoms with Crippen LogP contribution in [0.25, 0.3) is 0 Å². The van der Waals surface area contributed by atoms with E-state index in [-0.39, 0.29) is 0 Å². The van der Waals surface area contributed by atoms with E-state index >= 15 is 0 Å². The van der Waals surface area contributed by atoms with Gasteiger partial charge in [0.1, 0.15) is 0 Å². The minimum atomic E-state index is 0.530. The van der Waals surface area contributed by atoms with Gasteiger partial charge in [0.25, 0.3) is 0 Å². The largest absolute Gasteiger partial charge is 0.301 e. The molecule has 0 atom stereocenters. The molecule has 0 spiro atoms. The Morgan fingerprint density at radius 3 is 2.00 bits per heavy atom. The first kappa shape index (κ1) is 12.4. The predicted molar refractivity (Wildman–Crippen MR) is 69.7 cm³/mol. The van der Waals surface area contributed by atoms with E-state index in [0.717, 1.165) is 12.0 Å². The molecule has 0 aromatic carbocycles. The third-order valence-corrected chi connectivity index (χ3v) is 4.71. The molecule has 16 heavy (non-hydrogen) atoms. The highest BCUT2D eigenvalue weighted by Gasteiger charge is 2.40. The topological polar surface area (TPSA) is 6.48 Å². The van der Waals surface area contributed by atoms with Crippen LogP contribution >= 0.6 is 0 Å². The molecular weight excluding hydrogens is 196 g/mol. The lowest BCUT2D eigenvalue weighted by atomic mass is 9.65. The Labute approximate surface area is 101 Å². The Hall–Kier alpha value is -0.0800. The summed E-state index contributed by atoms with van der Waals surface area (Å²) in [7, 11) is 0. The average Bonchev–Trinajstić information content (AvgIpc) is 2.14. The number of nitrogens with zero attached hydrogens (tertiary/aromatic N) is 2. The molecular formula is C14H28N2. The van der Waals surface area contributed by atoms with Gasteiger partial charge in [-0.1, -0.05) is 27.7 Å². The zero-order valence-corrected chi connectivity index (χ0v) is 11.5. The molecule has 2 heteroatoms. The van der Waals surface area contributed by atoms with E-state index in [1.165, 1.54) is 45.6 Å². The highest BCUT2D eigenvalue weighted by Crippen LogP contribution is 2.43. The molecule has 0 amide bonds. The van der Waals surface area contributed by atoms with Crippen molar-refractivity contribution >= 4 is 0 Å². The van der Waals surface area contributed by atoms with Crippen molar-refractivity contribution in [2.75, 3.05) is 32.7 Å². The summed E-state index contributed by atoms with van der Waals surface area (Å²) in [5, 5.41) is 0. The molecule has 94 valence electrons. The third-order valence-electron chi connectivity index (χ3n) is 4.71. The van der Waals surface area contributed by atoms with Crippen LogP contribution < -0.4 is 0 Å². The Morgan fingerprint density at radius 2 is 1.56 bits per heavy atom. The average molecular weight is 224 g/mol. The van der Waals surface area contributed by atoms with Crippen LogP contribution in [0.4, 0.5) is 0 Å². The Morgan fingerprint density at radius 1 is 1.00 bits per heavy atom. The molecule has 2 aliphatic rings. The van der Waals surface area contributed by atoms with Crippen molar-refractivity contribution in [3.05, 3.63) is 0 Å². The van der Waals surface area contributed by atoms with Crippen molar-refractivity contribution < 1.29 is 0 Å². The summed E-state index contributed by atoms with van der Waals surface area (Å²) in [6.45, 7) is 15.8. The standard InChI is InChI=1S/C14H28N2/c1-5-15-6-8-16(9-7-15)13-10-12(11-13)14(2,3)4/h12-13H,5-11H2,1-4H3. The van der Waals surface area contributed by atoms with Crippen LogP contribution in [0.15, 0.2) is 0 Å². The van der Waals surface area contributed by atoms with Crippen molar-refractivity contribution in [2.45, 2.75) is 46.6 Å². The van der Waals surface area contributed by atoms with Crippen molar-refractivity contribution in [1.29, 1.82) is 0 Å². The van der Waals surface area contributed by atoms with Gasteiger partial charge in [0.15, 0.2) is 0 Å². The van der Waals surface area contributed by atoms with Crippen LogP contribution in [-0.4, -0.2) is 48.6 Å². The van der Waals surface area contributed by atoms with Gasteiger partial charge in [0.2, 0.25) is 0 Å². The van der Waals surface area contributed by atoms with Gasteiger partial charge in [-0.2, -0.15) is 0 Å². The number of hydrogen-bond acceptors (Lipinski definition) is 2. The maximum absolute atomic E-state index is 2.73. The lowest BCUT2D eigenvalue weighted by molar-refractivity contribution is -0.00299. The van der Waals surface area contributed by atoms with Crippen LogP contribution in [0.5, 0.6) is 0 Å². The summed E-state index contributed by atoms with van der Waals surface area (Å²) in [6, 6.07) is 0.906. The molecule has 1 saturated heterocycles. The number of piperazine rings is 1. The van der Waals surface area contributed by atoms with Gasteiger partial charge in [0, 0.05) is 32.2 Å². The minimum absolute atomic E-state index is 0.530. The Kier molecular flexibility index (Phi) is 3.60. The minimum Gasteiger partial charge on any atom is -0.301 e. The van der Waals surface area contributed by atoms with E-state index < -0.39 is 0 Å². The van der Waals surface area contributed by atoms with E-state index in [4.69, 9.17) is 0 Å². The fraction of sp³-hybridized carbons (Fsp3) is 1.00. The van der Waals surface area contributed by atoms with Crippen LogP contribution in [0, 0.1) is 11.3 Å². The van der Waals surface area contributed by atoms with Crippen molar-refractivity contribution in [2.24, 2.45) is 11.3 Å². The fourth-order valence-corrected chi connectivity index (χ4v) is 3.04. The fourth-order valence-electron chi connectivity index (χ4n) is 3.04. The summed E-state index contributed by atoms with van der Waals surface area (Å²) < 4.78 is 0. The molecule has 0 unspecified atom stereocenters. The maximum Gasteiger partial charge on any atom is 0.0113 e. The second kappa shape index (κ2) is 4.66. The predicted octanol–water partition coefficient (Wildman–Crippen LogP) is 2.45. The van der Waals surface area contributed by atoms with Gasteiger partial charge in [0.05, 0.1) is 0 Å². The molecule has 1 saturated carbocycles. The molecule has 2 nitrogen and oxygen atoms in total. The van der Waals surface area contributed by atoms with Gasteiger partial charge >= 0.3 is 0 Å². The highest BCUT2D eigenvalue weighted by atomic mass is 15.3. The van der Waals surface area contributed by atoms with E-state index in [9.17, 15) is 0 Å². The zero-order chi connectivity index (χ0) is 11.8. The van der Waals surface area contributed by atoms with Crippen LogP contribution in [0.1, 0.15) is 40.5 Å². The van der Waals surface area contributed by atoms with E-state index in [1.54, 1.807) is 0 Å². The number of likely N-dealkylation sites (N-methyl/N-ethyl adjacent to an activating group) is 1. The van der Waals surface area contributed by atoms with E-state index in [1.807, 2.05) is 0 Å². The molecule has 0 radical (unpaired) electrons. The molecule has 0 aromatic rings. The monoisotopic (exact) mass is 224 g/mol. The van der Waals surface area contributed by atoms with E-state index in [2.05, 4.69) is 37.5 Å². The first-order valence-electron chi connectivity index (χ1n) is 6.97. The van der Waals surface area contributed by atoms with Crippen LogP contribution in [0.3, 0.4) is 0 Å². The van der Waals surface area contributed by atoms with Gasteiger partial charge in [-0.25, -0.2) is 0 Å². The molecule has 0 aromatic heterocycles. The Balaban J connectivity index is 1.73. The SMILES string of the molecule is CCN1CCN(C2CC(C(C)(C)C)C2)CC1. The molecule has 1 aliphatic heterocycles. The molecule has 1 heterocycles. The highest BCUT2D eigenvalue weighted by molar-refractivity contribution is 4.93. The summed E-state index contributed by atoms with van der Waals surface area (Å²) in [4.78, 5) is 5.30. The molecule has 1 aliphatic carbocycles. The van der Waals surface area contributed by atoms with Crippen molar-refractivity contribution in [3.63, 3.8) is 0 Å². The van der Waals surface area contributed by atoms with Crippen molar-refractivity contribution in [3.8, 4) is 0 Å². The quantitative estimate of drug-likeness (QED) is 0.711. The van der Waals surface area contributed by atoms with Crippen LogP contribution in [0.2, 0.25) is 0 Å². The summed E-state index contributed by atoms with van der Waals surface area (Å²) in [5.41, 5.74) is 0.530. The first-order chi connectivity index (χ1) is 7.50. The maximum atomic E-state index is 2.73. The molecule has 2 rings (SSSR count). The lowest BCUT2D eigenvalue weighted by Crippen LogP contribution is -2.55. The number of rotatable bonds is 2.